The van der Waals surface area contributed by atoms with Crippen LogP contribution in [0.1, 0.15) is 83.8 Å². The molecule has 2 aromatic carbocycles. The Morgan fingerprint density at radius 2 is 1.38 bits per heavy atom. The van der Waals surface area contributed by atoms with Gasteiger partial charge in [0.25, 0.3) is 0 Å². The summed E-state index contributed by atoms with van der Waals surface area (Å²) in [7, 11) is 1.85. The standard InChI is InChI=1S/C28H39NO3/c1-26(2,3)22-16-18-24(31-27(4,5)6)21(25(22)32-28(7,8)9)15-17-23(30)19-11-13-20(29-10)14-12-19/h11-18,29H,1-10H3/b17-15+. The summed E-state index contributed by atoms with van der Waals surface area (Å²) < 4.78 is 12.7. The topological polar surface area (TPSA) is 47.6 Å². The average molecular weight is 438 g/mol. The van der Waals surface area contributed by atoms with Crippen molar-refractivity contribution in [2.24, 2.45) is 0 Å². The van der Waals surface area contributed by atoms with Gasteiger partial charge in [0.05, 0.1) is 5.56 Å². The molecule has 0 saturated carbocycles. The summed E-state index contributed by atoms with van der Waals surface area (Å²) in [5.41, 5.74) is 2.50. The number of ether oxygens (including phenoxy) is 2. The van der Waals surface area contributed by atoms with Gasteiger partial charge >= 0.3 is 0 Å². The Labute approximate surface area is 194 Å². The van der Waals surface area contributed by atoms with E-state index in [2.05, 4.69) is 32.2 Å². The molecule has 0 bridgehead atoms. The van der Waals surface area contributed by atoms with Crippen LogP contribution in [0.15, 0.2) is 42.5 Å². The van der Waals surface area contributed by atoms with Gasteiger partial charge in [0.15, 0.2) is 5.78 Å². The molecule has 174 valence electrons. The molecule has 0 saturated heterocycles. The molecule has 0 amide bonds. The van der Waals surface area contributed by atoms with Crippen LogP contribution in [0.2, 0.25) is 0 Å². The zero-order valence-electron chi connectivity index (χ0n) is 21.3. The molecule has 0 heterocycles. The van der Waals surface area contributed by atoms with Crippen LogP contribution in [-0.2, 0) is 5.41 Å². The van der Waals surface area contributed by atoms with E-state index in [1.165, 1.54) is 0 Å². The lowest BCUT2D eigenvalue weighted by atomic mass is 9.84. The molecule has 0 spiro atoms. The number of hydrogen-bond acceptors (Lipinski definition) is 4. The largest absolute Gasteiger partial charge is 0.487 e. The quantitative estimate of drug-likeness (QED) is 0.381. The first-order chi connectivity index (χ1) is 14.6. The van der Waals surface area contributed by atoms with Crippen molar-refractivity contribution in [1.82, 2.24) is 0 Å². The molecule has 1 N–H and O–H groups in total. The Kier molecular flexibility index (Phi) is 7.49. The summed E-state index contributed by atoms with van der Waals surface area (Å²) in [6.45, 7) is 18.6. The number of hydrogen-bond donors (Lipinski definition) is 1. The van der Waals surface area contributed by atoms with Crippen LogP contribution >= 0.6 is 0 Å². The fourth-order valence-corrected chi connectivity index (χ4v) is 3.22. The smallest absolute Gasteiger partial charge is 0.185 e. The number of carbonyl (C=O) groups is 1. The summed E-state index contributed by atoms with van der Waals surface area (Å²) in [5.74, 6) is 1.37. The molecular formula is C28H39NO3. The number of benzene rings is 2. The summed E-state index contributed by atoms with van der Waals surface area (Å²) in [5, 5.41) is 3.07. The Bertz CT molecular complexity index is 966. The molecule has 2 aromatic rings. The van der Waals surface area contributed by atoms with E-state index in [1.54, 1.807) is 6.08 Å². The van der Waals surface area contributed by atoms with Gasteiger partial charge in [-0.1, -0.05) is 26.8 Å². The van der Waals surface area contributed by atoms with E-state index >= 15 is 0 Å². The number of ketones is 1. The van der Waals surface area contributed by atoms with E-state index in [-0.39, 0.29) is 11.2 Å². The summed E-state index contributed by atoms with van der Waals surface area (Å²) in [4.78, 5) is 12.9. The lowest BCUT2D eigenvalue weighted by Crippen LogP contribution is -2.27. The molecule has 0 aliphatic heterocycles. The van der Waals surface area contributed by atoms with Crippen LogP contribution in [-0.4, -0.2) is 24.0 Å². The monoisotopic (exact) mass is 437 g/mol. The number of rotatable bonds is 6. The molecule has 0 aliphatic carbocycles. The third-order valence-electron chi connectivity index (χ3n) is 4.65. The van der Waals surface area contributed by atoms with Crippen LogP contribution in [0.4, 0.5) is 5.69 Å². The van der Waals surface area contributed by atoms with Crippen LogP contribution in [0, 0.1) is 0 Å². The molecule has 0 aromatic heterocycles. The number of nitrogens with one attached hydrogen (secondary N) is 1. The maximum Gasteiger partial charge on any atom is 0.185 e. The second-order valence-corrected chi connectivity index (χ2v) is 11.1. The van der Waals surface area contributed by atoms with Gasteiger partial charge in [0.1, 0.15) is 22.7 Å². The predicted molar refractivity (Wildman–Crippen MR) is 135 cm³/mol. The summed E-state index contributed by atoms with van der Waals surface area (Å²) in [6, 6.07) is 11.5. The summed E-state index contributed by atoms with van der Waals surface area (Å²) in [6.07, 6.45) is 3.42. The second kappa shape index (κ2) is 9.40. The van der Waals surface area contributed by atoms with Crippen LogP contribution in [0.5, 0.6) is 11.5 Å². The van der Waals surface area contributed by atoms with Crippen molar-refractivity contribution in [3.05, 3.63) is 59.2 Å². The molecule has 0 radical (unpaired) electrons. The van der Waals surface area contributed by atoms with Gasteiger partial charge in [-0.15, -0.1) is 0 Å². The number of carbonyl (C=O) groups excluding carboxylic acids is 1. The van der Waals surface area contributed by atoms with Gasteiger partial charge in [0.2, 0.25) is 0 Å². The van der Waals surface area contributed by atoms with Gasteiger partial charge in [-0.2, -0.15) is 0 Å². The van der Waals surface area contributed by atoms with E-state index in [0.29, 0.717) is 11.3 Å². The van der Waals surface area contributed by atoms with Gasteiger partial charge in [-0.05, 0) is 89.4 Å². The third-order valence-corrected chi connectivity index (χ3v) is 4.65. The normalized spacial score (nSPS) is 12.7. The van der Waals surface area contributed by atoms with Gasteiger partial charge in [0, 0.05) is 23.9 Å². The highest BCUT2D eigenvalue weighted by molar-refractivity contribution is 6.07. The second-order valence-electron chi connectivity index (χ2n) is 11.1. The SMILES string of the molecule is CNc1ccc(C(=O)/C=C/c2c(OC(C)(C)C)ccc(C(C)(C)C)c2OC(C)(C)C)cc1. The molecular weight excluding hydrogens is 398 g/mol. The van der Waals surface area contributed by atoms with E-state index in [4.69, 9.17) is 9.47 Å². The lowest BCUT2D eigenvalue weighted by Gasteiger charge is -2.31. The minimum Gasteiger partial charge on any atom is -0.487 e. The molecule has 0 aliphatic rings. The van der Waals surface area contributed by atoms with Crippen molar-refractivity contribution in [1.29, 1.82) is 0 Å². The molecule has 0 atom stereocenters. The Morgan fingerprint density at radius 3 is 1.84 bits per heavy atom. The zero-order chi connectivity index (χ0) is 24.3. The van der Waals surface area contributed by atoms with Crippen molar-refractivity contribution in [2.75, 3.05) is 12.4 Å². The first-order valence-corrected chi connectivity index (χ1v) is 11.2. The van der Waals surface area contributed by atoms with E-state index in [1.807, 2.05) is 85.0 Å². The summed E-state index contributed by atoms with van der Waals surface area (Å²) >= 11 is 0. The van der Waals surface area contributed by atoms with Crippen molar-refractivity contribution in [2.45, 2.75) is 78.9 Å². The van der Waals surface area contributed by atoms with E-state index in [0.717, 1.165) is 22.6 Å². The van der Waals surface area contributed by atoms with E-state index in [9.17, 15) is 4.79 Å². The Balaban J connectivity index is 2.63. The third kappa shape index (κ3) is 7.15. The fraction of sp³-hybridized carbons (Fsp3) is 0.464. The highest BCUT2D eigenvalue weighted by Gasteiger charge is 2.27. The highest BCUT2D eigenvalue weighted by atomic mass is 16.5. The fourth-order valence-electron chi connectivity index (χ4n) is 3.22. The minimum absolute atomic E-state index is 0.0720. The zero-order valence-corrected chi connectivity index (χ0v) is 21.3. The average Bonchev–Trinajstić information content (AvgIpc) is 2.64. The van der Waals surface area contributed by atoms with Crippen molar-refractivity contribution in [3.8, 4) is 11.5 Å². The van der Waals surface area contributed by atoms with Gasteiger partial charge in [-0.3, -0.25) is 4.79 Å². The van der Waals surface area contributed by atoms with Gasteiger partial charge < -0.3 is 14.8 Å². The van der Waals surface area contributed by atoms with Crippen molar-refractivity contribution < 1.29 is 14.3 Å². The maximum atomic E-state index is 12.9. The lowest BCUT2D eigenvalue weighted by molar-refractivity contribution is 0.104. The van der Waals surface area contributed by atoms with Gasteiger partial charge in [-0.25, -0.2) is 0 Å². The first kappa shape index (κ1) is 25.5. The van der Waals surface area contributed by atoms with Crippen LogP contribution < -0.4 is 14.8 Å². The molecule has 0 fully saturated rings. The minimum atomic E-state index is -0.407. The van der Waals surface area contributed by atoms with Crippen LogP contribution in [0.25, 0.3) is 6.08 Å². The van der Waals surface area contributed by atoms with Crippen molar-refractivity contribution >= 4 is 17.5 Å². The number of anilines is 1. The molecule has 4 heteroatoms. The highest BCUT2D eigenvalue weighted by Crippen LogP contribution is 2.42. The molecule has 32 heavy (non-hydrogen) atoms. The van der Waals surface area contributed by atoms with Crippen molar-refractivity contribution in [3.63, 3.8) is 0 Å². The predicted octanol–water partition coefficient (Wildman–Crippen LogP) is 7.28. The molecule has 0 unspecified atom stereocenters. The Morgan fingerprint density at radius 1 is 0.812 bits per heavy atom. The van der Waals surface area contributed by atoms with Crippen LogP contribution in [0.3, 0.4) is 0 Å². The van der Waals surface area contributed by atoms with E-state index < -0.39 is 11.2 Å². The molecule has 2 rings (SSSR count). The maximum absolute atomic E-state index is 12.9. The first-order valence-electron chi connectivity index (χ1n) is 11.2. The number of allylic oxidation sites excluding steroid dienone is 1. The molecule has 4 nitrogen and oxygen atoms in total. The Hall–Kier alpha value is -2.75.